The van der Waals surface area contributed by atoms with E-state index in [2.05, 4.69) is 10.2 Å². The Balaban J connectivity index is 2.12. The molecular formula is C9H16N4O. The minimum Gasteiger partial charge on any atom is -0.393 e. The molecule has 0 unspecified atom stereocenters. The highest BCUT2D eigenvalue weighted by Gasteiger charge is 2.34. The molecule has 1 saturated carbocycles. The van der Waals surface area contributed by atoms with Crippen molar-refractivity contribution >= 4 is 0 Å². The van der Waals surface area contributed by atoms with E-state index >= 15 is 0 Å². The minimum atomic E-state index is -0.276. The van der Waals surface area contributed by atoms with Crippen molar-refractivity contribution in [2.75, 3.05) is 6.54 Å². The van der Waals surface area contributed by atoms with Crippen LogP contribution in [-0.2, 0) is 7.05 Å². The summed E-state index contributed by atoms with van der Waals surface area (Å²) in [6.45, 7) is 0.551. The Morgan fingerprint density at radius 2 is 2.43 bits per heavy atom. The quantitative estimate of drug-likeness (QED) is 0.676. The van der Waals surface area contributed by atoms with E-state index in [9.17, 15) is 5.11 Å². The van der Waals surface area contributed by atoms with E-state index < -0.39 is 0 Å². The van der Waals surface area contributed by atoms with Crippen LogP contribution in [0.5, 0.6) is 0 Å². The summed E-state index contributed by atoms with van der Waals surface area (Å²) in [4.78, 5) is 0. The van der Waals surface area contributed by atoms with Crippen LogP contribution in [0.2, 0.25) is 0 Å². The molecule has 1 aromatic heterocycles. The van der Waals surface area contributed by atoms with Gasteiger partial charge < -0.3 is 15.4 Å². The highest BCUT2D eigenvalue weighted by atomic mass is 16.3. The fourth-order valence-corrected chi connectivity index (χ4v) is 2.23. The van der Waals surface area contributed by atoms with Gasteiger partial charge in [0.25, 0.3) is 0 Å². The molecule has 78 valence electrons. The number of hydrogen-bond donors (Lipinski definition) is 2. The Labute approximate surface area is 82.9 Å². The van der Waals surface area contributed by atoms with Crippen molar-refractivity contribution < 1.29 is 5.11 Å². The molecule has 0 bridgehead atoms. The predicted octanol–water partition coefficient (Wildman–Crippen LogP) is -0.372. The molecule has 1 aliphatic rings. The van der Waals surface area contributed by atoms with Gasteiger partial charge in [0.1, 0.15) is 12.2 Å². The van der Waals surface area contributed by atoms with Crippen LogP contribution in [0.1, 0.15) is 24.6 Å². The van der Waals surface area contributed by atoms with Gasteiger partial charge in [-0.1, -0.05) is 0 Å². The lowest BCUT2D eigenvalue weighted by Gasteiger charge is -2.09. The number of aliphatic hydroxyl groups is 1. The fourth-order valence-electron chi connectivity index (χ4n) is 2.23. The van der Waals surface area contributed by atoms with Crippen LogP contribution >= 0.6 is 0 Å². The van der Waals surface area contributed by atoms with Crippen LogP contribution in [0.25, 0.3) is 0 Å². The number of aliphatic hydroxyl groups excluding tert-OH is 1. The van der Waals surface area contributed by atoms with Crippen molar-refractivity contribution in [3.63, 3.8) is 0 Å². The van der Waals surface area contributed by atoms with Crippen molar-refractivity contribution in [3.8, 4) is 0 Å². The smallest absolute Gasteiger partial charge is 0.135 e. The Morgan fingerprint density at radius 3 is 2.93 bits per heavy atom. The van der Waals surface area contributed by atoms with Crippen molar-refractivity contribution in [1.82, 2.24) is 14.8 Å². The monoisotopic (exact) mass is 196 g/mol. The van der Waals surface area contributed by atoms with Crippen molar-refractivity contribution in [2.45, 2.75) is 24.9 Å². The summed E-state index contributed by atoms with van der Waals surface area (Å²) in [6.07, 6.45) is 3.09. The van der Waals surface area contributed by atoms with Crippen molar-refractivity contribution in [2.24, 2.45) is 18.7 Å². The zero-order chi connectivity index (χ0) is 10.1. The molecule has 0 saturated heterocycles. The highest BCUT2D eigenvalue weighted by Crippen LogP contribution is 2.36. The zero-order valence-corrected chi connectivity index (χ0v) is 8.30. The molecule has 1 aliphatic carbocycles. The van der Waals surface area contributed by atoms with Gasteiger partial charge in [0.05, 0.1) is 6.10 Å². The minimum absolute atomic E-state index is 0.219. The Morgan fingerprint density at radius 1 is 1.64 bits per heavy atom. The van der Waals surface area contributed by atoms with Gasteiger partial charge >= 0.3 is 0 Å². The molecule has 3 atom stereocenters. The van der Waals surface area contributed by atoms with Gasteiger partial charge in [0, 0.05) is 13.0 Å². The SMILES string of the molecule is Cn1cnnc1[C@@H]1C[C@@H](CN)[C@@H](O)C1. The van der Waals surface area contributed by atoms with E-state index in [0.29, 0.717) is 12.5 Å². The van der Waals surface area contributed by atoms with Gasteiger partial charge in [0.2, 0.25) is 0 Å². The van der Waals surface area contributed by atoms with Crippen molar-refractivity contribution in [1.29, 1.82) is 0 Å². The van der Waals surface area contributed by atoms with Gasteiger partial charge in [-0.3, -0.25) is 0 Å². The third kappa shape index (κ3) is 1.53. The van der Waals surface area contributed by atoms with E-state index in [-0.39, 0.29) is 12.0 Å². The van der Waals surface area contributed by atoms with Crippen LogP contribution in [0.4, 0.5) is 0 Å². The van der Waals surface area contributed by atoms with E-state index in [0.717, 1.165) is 18.7 Å². The first-order chi connectivity index (χ1) is 6.72. The second-order valence-corrected chi connectivity index (χ2v) is 4.03. The number of aryl methyl sites for hydroxylation is 1. The van der Waals surface area contributed by atoms with Crippen LogP contribution < -0.4 is 5.73 Å². The molecule has 1 fully saturated rings. The molecule has 2 rings (SSSR count). The summed E-state index contributed by atoms with van der Waals surface area (Å²) in [7, 11) is 1.93. The number of nitrogens with zero attached hydrogens (tertiary/aromatic N) is 3. The molecule has 1 heterocycles. The number of hydrogen-bond acceptors (Lipinski definition) is 4. The van der Waals surface area contributed by atoms with E-state index in [1.54, 1.807) is 6.33 Å². The molecule has 0 aromatic carbocycles. The zero-order valence-electron chi connectivity index (χ0n) is 8.30. The Hall–Kier alpha value is -0.940. The molecule has 0 spiro atoms. The highest BCUT2D eigenvalue weighted by molar-refractivity contribution is 5.02. The average molecular weight is 196 g/mol. The van der Waals surface area contributed by atoms with Gasteiger partial charge in [-0.25, -0.2) is 0 Å². The van der Waals surface area contributed by atoms with E-state index in [1.165, 1.54) is 0 Å². The van der Waals surface area contributed by atoms with Gasteiger partial charge in [-0.2, -0.15) is 0 Å². The molecule has 0 aliphatic heterocycles. The Bertz CT molecular complexity index is 312. The standard InChI is InChI=1S/C9H16N4O/c1-13-5-11-12-9(13)6-2-7(4-10)8(14)3-6/h5-8,14H,2-4,10H2,1H3/t6-,7+,8+/m1/s1. The first-order valence-corrected chi connectivity index (χ1v) is 4.94. The normalized spacial score (nSPS) is 32.4. The lowest BCUT2D eigenvalue weighted by Crippen LogP contribution is -2.21. The summed E-state index contributed by atoms with van der Waals surface area (Å²) >= 11 is 0. The fraction of sp³-hybridized carbons (Fsp3) is 0.778. The predicted molar refractivity (Wildman–Crippen MR) is 51.5 cm³/mol. The first kappa shape index (κ1) is 9.61. The third-order valence-corrected chi connectivity index (χ3v) is 3.07. The molecule has 0 radical (unpaired) electrons. The molecular weight excluding hydrogens is 180 g/mol. The lowest BCUT2D eigenvalue weighted by atomic mass is 10.0. The molecule has 5 nitrogen and oxygen atoms in total. The van der Waals surface area contributed by atoms with Crippen LogP contribution in [0.15, 0.2) is 6.33 Å². The summed E-state index contributed by atoms with van der Waals surface area (Å²) < 4.78 is 1.91. The first-order valence-electron chi connectivity index (χ1n) is 4.94. The van der Waals surface area contributed by atoms with Crippen LogP contribution in [-0.4, -0.2) is 32.5 Å². The summed E-state index contributed by atoms with van der Waals surface area (Å²) in [5, 5.41) is 17.6. The van der Waals surface area contributed by atoms with E-state index in [1.807, 2.05) is 11.6 Å². The average Bonchev–Trinajstić information content (AvgIpc) is 2.71. The third-order valence-electron chi connectivity index (χ3n) is 3.07. The second-order valence-electron chi connectivity index (χ2n) is 4.03. The van der Waals surface area contributed by atoms with Crippen LogP contribution in [0, 0.1) is 5.92 Å². The van der Waals surface area contributed by atoms with Gasteiger partial charge in [-0.15, -0.1) is 10.2 Å². The number of rotatable bonds is 2. The molecule has 0 amide bonds. The second kappa shape index (κ2) is 3.67. The maximum Gasteiger partial charge on any atom is 0.135 e. The maximum absolute atomic E-state index is 9.71. The number of aromatic nitrogens is 3. The largest absolute Gasteiger partial charge is 0.393 e. The van der Waals surface area contributed by atoms with Gasteiger partial charge in [-0.05, 0) is 25.3 Å². The number of nitrogens with two attached hydrogens (primary N) is 1. The topological polar surface area (TPSA) is 77.0 Å². The van der Waals surface area contributed by atoms with Crippen molar-refractivity contribution in [3.05, 3.63) is 12.2 Å². The lowest BCUT2D eigenvalue weighted by molar-refractivity contribution is 0.136. The Kier molecular flexibility index (Phi) is 2.52. The summed E-state index contributed by atoms with van der Waals surface area (Å²) in [5.41, 5.74) is 5.58. The molecule has 3 N–H and O–H groups in total. The summed E-state index contributed by atoms with van der Waals surface area (Å²) in [5.74, 6) is 1.49. The maximum atomic E-state index is 9.71. The van der Waals surface area contributed by atoms with Gasteiger partial charge in [0.15, 0.2) is 0 Å². The van der Waals surface area contributed by atoms with Crippen LogP contribution in [0.3, 0.4) is 0 Å². The van der Waals surface area contributed by atoms with E-state index in [4.69, 9.17) is 5.73 Å². The molecule has 5 heteroatoms. The molecule has 1 aromatic rings. The summed E-state index contributed by atoms with van der Waals surface area (Å²) in [6, 6.07) is 0. The molecule has 14 heavy (non-hydrogen) atoms.